The van der Waals surface area contributed by atoms with Crippen molar-refractivity contribution in [3.63, 3.8) is 0 Å². The van der Waals surface area contributed by atoms with Crippen LogP contribution in [0.4, 0.5) is 4.39 Å². The van der Waals surface area contributed by atoms with E-state index in [0.29, 0.717) is 6.42 Å². The van der Waals surface area contributed by atoms with Crippen molar-refractivity contribution < 1.29 is 9.50 Å². The van der Waals surface area contributed by atoms with Crippen molar-refractivity contribution in [1.82, 2.24) is 5.32 Å². The van der Waals surface area contributed by atoms with E-state index < -0.39 is 0 Å². The highest BCUT2D eigenvalue weighted by Gasteiger charge is 2.43. The Morgan fingerprint density at radius 2 is 2.16 bits per heavy atom. The molecule has 0 aliphatic heterocycles. The molecule has 1 fully saturated rings. The second kappa shape index (κ2) is 6.67. The van der Waals surface area contributed by atoms with E-state index in [1.807, 2.05) is 7.05 Å². The average Bonchev–Trinajstić information content (AvgIpc) is 2.52. The van der Waals surface area contributed by atoms with Crippen LogP contribution in [-0.2, 0) is 0 Å². The third kappa shape index (κ3) is 3.26. The number of hydrogen-bond acceptors (Lipinski definition) is 2. The molecule has 2 rings (SSSR count). The number of rotatable bonds is 2. The molecule has 0 aromatic heterocycles. The molecule has 108 valence electrons. The van der Waals surface area contributed by atoms with Gasteiger partial charge in [0.1, 0.15) is 0 Å². The van der Waals surface area contributed by atoms with Gasteiger partial charge in [0.25, 0.3) is 0 Å². The first-order valence-electron chi connectivity index (χ1n) is 7.57. The van der Waals surface area contributed by atoms with E-state index in [4.69, 9.17) is 0 Å². The summed E-state index contributed by atoms with van der Waals surface area (Å²) in [5, 5.41) is 13.9. The largest absolute Gasteiger partial charge is 0.391 e. The predicted octanol–water partition coefficient (Wildman–Crippen LogP) is 3.48. The normalized spacial score (nSPS) is 41.5. The predicted molar refractivity (Wildman–Crippen MR) is 76.6 cm³/mol. The minimum Gasteiger partial charge on any atom is -0.391 e. The fourth-order valence-corrected chi connectivity index (χ4v) is 3.62. The Morgan fingerprint density at radius 3 is 2.89 bits per heavy atom. The fourth-order valence-electron chi connectivity index (χ4n) is 3.62. The minimum atomic E-state index is -0.296. The Balaban J connectivity index is 2.18. The highest BCUT2D eigenvalue weighted by molar-refractivity contribution is 5.10. The van der Waals surface area contributed by atoms with Crippen molar-refractivity contribution in [2.24, 2.45) is 5.92 Å². The van der Waals surface area contributed by atoms with Crippen molar-refractivity contribution in [1.29, 1.82) is 0 Å². The standard InChI is InChI=1S/C16H26FNO/c1-18-16(12-5-4-11-15(16)19)13-7-2-3-9-14(17)10-6-8-13/h2,7,10,13,15,18-19H,3-6,8-9,11-12H2,1H3/b7-2-,14-10+/t13?,15-,16?/m0/s1. The number of aliphatic hydroxyl groups excluding tert-OH is 1. The molecule has 0 spiro atoms. The number of likely N-dealkylation sites (N-methyl/N-ethyl adjacent to an activating group) is 1. The van der Waals surface area contributed by atoms with Gasteiger partial charge in [-0.15, -0.1) is 0 Å². The zero-order valence-electron chi connectivity index (χ0n) is 11.9. The third-order valence-corrected chi connectivity index (χ3v) is 4.80. The molecule has 1 saturated carbocycles. The SMILES string of the molecule is CNC1(C2/C=C\CC/C(F)=C\CC2)CCCC[C@@H]1O. The van der Waals surface area contributed by atoms with Crippen molar-refractivity contribution in [2.75, 3.05) is 7.05 Å². The maximum absolute atomic E-state index is 13.4. The second-order valence-electron chi connectivity index (χ2n) is 5.85. The molecule has 0 saturated heterocycles. The van der Waals surface area contributed by atoms with Gasteiger partial charge in [-0.2, -0.15) is 0 Å². The fraction of sp³-hybridized carbons (Fsp3) is 0.750. The van der Waals surface area contributed by atoms with Gasteiger partial charge in [-0.3, -0.25) is 0 Å². The number of allylic oxidation sites excluding steroid dienone is 3. The monoisotopic (exact) mass is 267 g/mol. The van der Waals surface area contributed by atoms with Crippen LogP contribution in [0, 0.1) is 5.92 Å². The number of aliphatic hydroxyl groups is 1. The molecule has 0 heterocycles. The number of halogens is 1. The molecule has 0 aromatic rings. The molecule has 2 aliphatic carbocycles. The van der Waals surface area contributed by atoms with Crippen LogP contribution in [0.5, 0.6) is 0 Å². The van der Waals surface area contributed by atoms with E-state index in [-0.39, 0.29) is 23.4 Å². The van der Waals surface area contributed by atoms with E-state index in [2.05, 4.69) is 17.5 Å². The van der Waals surface area contributed by atoms with Gasteiger partial charge >= 0.3 is 0 Å². The number of nitrogens with one attached hydrogen (secondary N) is 1. The summed E-state index contributed by atoms with van der Waals surface area (Å²) in [6.45, 7) is 0. The van der Waals surface area contributed by atoms with Crippen LogP contribution in [0.1, 0.15) is 51.4 Å². The highest BCUT2D eigenvalue weighted by Crippen LogP contribution is 2.38. The van der Waals surface area contributed by atoms with Gasteiger partial charge in [0.2, 0.25) is 0 Å². The van der Waals surface area contributed by atoms with E-state index in [0.717, 1.165) is 44.9 Å². The van der Waals surface area contributed by atoms with Gasteiger partial charge in [-0.25, -0.2) is 4.39 Å². The Labute approximate surface area is 115 Å². The quantitative estimate of drug-likeness (QED) is 0.751. The summed E-state index contributed by atoms with van der Waals surface area (Å²) in [6, 6.07) is 0. The molecule has 19 heavy (non-hydrogen) atoms. The van der Waals surface area contributed by atoms with E-state index in [1.165, 1.54) is 0 Å². The first kappa shape index (κ1) is 14.7. The first-order chi connectivity index (χ1) is 9.19. The van der Waals surface area contributed by atoms with Gasteiger partial charge < -0.3 is 10.4 Å². The first-order valence-corrected chi connectivity index (χ1v) is 7.57. The lowest BCUT2D eigenvalue weighted by atomic mass is 9.69. The third-order valence-electron chi connectivity index (χ3n) is 4.80. The topological polar surface area (TPSA) is 32.3 Å². The molecule has 2 aliphatic rings. The molecule has 2 unspecified atom stereocenters. The number of hydrogen-bond donors (Lipinski definition) is 2. The summed E-state index contributed by atoms with van der Waals surface area (Å²) in [4.78, 5) is 0. The van der Waals surface area contributed by atoms with E-state index >= 15 is 0 Å². The Bertz CT molecular complexity index is 353. The summed E-state index contributed by atoms with van der Waals surface area (Å²) in [7, 11) is 1.95. The lowest BCUT2D eigenvalue weighted by molar-refractivity contribution is 0.00101. The molecule has 0 amide bonds. The van der Waals surface area contributed by atoms with Gasteiger partial charge in [-0.1, -0.05) is 31.1 Å². The van der Waals surface area contributed by atoms with Crippen LogP contribution in [0.15, 0.2) is 24.1 Å². The summed E-state index contributed by atoms with van der Waals surface area (Å²) in [5.74, 6) is 0.294. The highest BCUT2D eigenvalue weighted by atomic mass is 19.1. The summed E-state index contributed by atoms with van der Waals surface area (Å²) >= 11 is 0. The molecular weight excluding hydrogens is 241 g/mol. The van der Waals surface area contributed by atoms with Crippen molar-refractivity contribution in [2.45, 2.75) is 63.0 Å². The lowest BCUT2D eigenvalue weighted by Crippen LogP contribution is -2.59. The van der Waals surface area contributed by atoms with Crippen LogP contribution in [0.2, 0.25) is 0 Å². The Morgan fingerprint density at radius 1 is 1.32 bits per heavy atom. The molecule has 0 bridgehead atoms. The van der Waals surface area contributed by atoms with Crippen LogP contribution < -0.4 is 5.32 Å². The maximum atomic E-state index is 13.4. The molecule has 2 nitrogen and oxygen atoms in total. The minimum absolute atomic E-state index is 0.00741. The maximum Gasteiger partial charge on any atom is 0.0962 e. The molecule has 3 atom stereocenters. The van der Waals surface area contributed by atoms with Crippen molar-refractivity contribution >= 4 is 0 Å². The zero-order valence-corrected chi connectivity index (χ0v) is 11.9. The van der Waals surface area contributed by atoms with Crippen LogP contribution in [0.3, 0.4) is 0 Å². The van der Waals surface area contributed by atoms with E-state index in [9.17, 15) is 9.50 Å². The second-order valence-corrected chi connectivity index (χ2v) is 5.85. The molecule has 0 radical (unpaired) electrons. The molecule has 2 N–H and O–H groups in total. The Kier molecular flexibility index (Phi) is 5.17. The van der Waals surface area contributed by atoms with Crippen LogP contribution in [0.25, 0.3) is 0 Å². The lowest BCUT2D eigenvalue weighted by Gasteiger charge is -2.46. The average molecular weight is 267 g/mol. The summed E-state index contributed by atoms with van der Waals surface area (Å²) in [6.07, 6.45) is 12.8. The van der Waals surface area contributed by atoms with E-state index in [1.54, 1.807) is 6.08 Å². The molecule has 3 heteroatoms. The molecular formula is C16H26FNO. The van der Waals surface area contributed by atoms with Crippen LogP contribution in [-0.4, -0.2) is 23.8 Å². The van der Waals surface area contributed by atoms with Gasteiger partial charge in [-0.05, 0) is 45.1 Å². The van der Waals surface area contributed by atoms with Gasteiger partial charge in [0.15, 0.2) is 0 Å². The summed E-state index contributed by atoms with van der Waals surface area (Å²) in [5.41, 5.74) is -0.219. The van der Waals surface area contributed by atoms with Crippen LogP contribution >= 0.6 is 0 Å². The van der Waals surface area contributed by atoms with Gasteiger partial charge in [0.05, 0.1) is 17.5 Å². The zero-order chi connectivity index (χ0) is 13.7. The smallest absolute Gasteiger partial charge is 0.0962 e. The van der Waals surface area contributed by atoms with Crippen molar-refractivity contribution in [3.05, 3.63) is 24.1 Å². The summed E-state index contributed by atoms with van der Waals surface area (Å²) < 4.78 is 13.4. The Hall–Kier alpha value is -0.670. The van der Waals surface area contributed by atoms with Gasteiger partial charge in [0, 0.05) is 6.42 Å². The van der Waals surface area contributed by atoms with Crippen molar-refractivity contribution in [3.8, 4) is 0 Å². The molecule has 0 aromatic carbocycles.